The van der Waals surface area contributed by atoms with Crippen LogP contribution in [0.15, 0.2) is 48.5 Å². The molecule has 0 heterocycles. The molecule has 0 saturated carbocycles. The van der Waals surface area contributed by atoms with Gasteiger partial charge < -0.3 is 9.84 Å². The number of aliphatic hydroxyl groups excluding tert-OH is 1. The molecule has 0 aromatic heterocycles. The van der Waals surface area contributed by atoms with Gasteiger partial charge in [-0.25, -0.2) is 0 Å². The Morgan fingerprint density at radius 3 is 2.63 bits per heavy atom. The molecule has 0 atom stereocenters. The molecule has 2 aromatic rings. The van der Waals surface area contributed by atoms with E-state index >= 15 is 0 Å². The van der Waals surface area contributed by atoms with Gasteiger partial charge in [0.1, 0.15) is 19.0 Å². The molecule has 0 bridgehead atoms. The quantitative estimate of drug-likeness (QED) is 0.851. The maximum atomic E-state index is 8.67. The smallest absolute Gasteiger partial charge is 0.119 e. The minimum Gasteiger partial charge on any atom is -0.489 e. The predicted molar refractivity (Wildman–Crippen MR) is 75.9 cm³/mol. The summed E-state index contributed by atoms with van der Waals surface area (Å²) in [4.78, 5) is 0. The highest BCUT2D eigenvalue weighted by Gasteiger charge is 1.97. The van der Waals surface area contributed by atoms with Crippen molar-refractivity contribution in [1.82, 2.24) is 0 Å². The third-order valence-electron chi connectivity index (χ3n) is 2.67. The summed E-state index contributed by atoms with van der Waals surface area (Å²) in [5.41, 5.74) is 3.16. The molecule has 0 spiro atoms. The first-order chi connectivity index (χ1) is 9.28. The average molecular weight is 252 g/mol. The van der Waals surface area contributed by atoms with Crippen molar-refractivity contribution in [3.63, 3.8) is 0 Å². The second-order valence-corrected chi connectivity index (χ2v) is 4.26. The molecule has 2 heteroatoms. The molecule has 19 heavy (non-hydrogen) atoms. The first-order valence-electron chi connectivity index (χ1n) is 6.16. The molecule has 0 aliphatic rings. The first kappa shape index (κ1) is 13.2. The zero-order valence-electron chi connectivity index (χ0n) is 10.9. The zero-order valence-corrected chi connectivity index (χ0v) is 10.9. The number of aliphatic hydroxyl groups is 1. The summed E-state index contributed by atoms with van der Waals surface area (Å²) in [5, 5.41) is 8.67. The summed E-state index contributed by atoms with van der Waals surface area (Å²) in [6.07, 6.45) is 0. The Kier molecular flexibility index (Phi) is 4.60. The Labute approximate surface area is 113 Å². The fourth-order valence-corrected chi connectivity index (χ4v) is 1.68. The van der Waals surface area contributed by atoms with Crippen molar-refractivity contribution < 1.29 is 9.84 Å². The molecule has 0 radical (unpaired) electrons. The van der Waals surface area contributed by atoms with Crippen LogP contribution < -0.4 is 4.74 Å². The van der Waals surface area contributed by atoms with E-state index in [0.29, 0.717) is 6.61 Å². The summed E-state index contributed by atoms with van der Waals surface area (Å²) >= 11 is 0. The van der Waals surface area contributed by atoms with Crippen LogP contribution in [0, 0.1) is 18.8 Å². The molecule has 2 nitrogen and oxygen atoms in total. The van der Waals surface area contributed by atoms with Crippen LogP contribution in [0.3, 0.4) is 0 Å². The molecule has 96 valence electrons. The van der Waals surface area contributed by atoms with E-state index in [9.17, 15) is 0 Å². The molecule has 0 saturated heterocycles. The Bertz CT molecular complexity index is 589. The Hall–Kier alpha value is -2.24. The zero-order chi connectivity index (χ0) is 13.5. The number of aryl methyl sites for hydroxylation is 1. The number of hydrogen-bond donors (Lipinski definition) is 1. The predicted octanol–water partition coefficient (Wildman–Crippen LogP) is 2.92. The minimum atomic E-state index is -0.121. The number of ether oxygens (including phenoxy) is 1. The van der Waals surface area contributed by atoms with Gasteiger partial charge in [-0.1, -0.05) is 41.7 Å². The summed E-state index contributed by atoms with van der Waals surface area (Å²) in [7, 11) is 0. The van der Waals surface area contributed by atoms with Gasteiger partial charge in [0.25, 0.3) is 0 Å². The minimum absolute atomic E-state index is 0.121. The molecule has 2 aromatic carbocycles. The van der Waals surface area contributed by atoms with Crippen LogP contribution in [0.4, 0.5) is 0 Å². The Morgan fingerprint density at radius 2 is 1.89 bits per heavy atom. The lowest BCUT2D eigenvalue weighted by Gasteiger charge is -2.06. The van der Waals surface area contributed by atoms with Gasteiger partial charge in [0.05, 0.1) is 0 Å². The standard InChI is InChI=1S/C17H16O2/c1-14-7-9-17(10-8-14)19-13-16-5-2-4-15(12-16)6-3-11-18/h2,4-5,7-10,12,18H,11,13H2,1H3. The fourth-order valence-electron chi connectivity index (χ4n) is 1.68. The molecule has 2 rings (SSSR count). The average Bonchev–Trinajstić information content (AvgIpc) is 2.45. The van der Waals surface area contributed by atoms with Crippen LogP contribution in [0.2, 0.25) is 0 Å². The van der Waals surface area contributed by atoms with Crippen molar-refractivity contribution in [2.24, 2.45) is 0 Å². The molecular formula is C17H16O2. The highest BCUT2D eigenvalue weighted by Crippen LogP contribution is 2.14. The summed E-state index contributed by atoms with van der Waals surface area (Å²) in [6, 6.07) is 15.8. The van der Waals surface area contributed by atoms with Crippen molar-refractivity contribution in [3.05, 3.63) is 65.2 Å². The third-order valence-corrected chi connectivity index (χ3v) is 2.67. The summed E-state index contributed by atoms with van der Waals surface area (Å²) in [5.74, 6) is 6.38. The number of hydrogen-bond acceptors (Lipinski definition) is 2. The van der Waals surface area contributed by atoms with E-state index in [1.165, 1.54) is 5.56 Å². The number of rotatable bonds is 3. The van der Waals surface area contributed by atoms with Gasteiger partial charge in [0, 0.05) is 5.56 Å². The SMILES string of the molecule is Cc1ccc(OCc2cccc(C#CCO)c2)cc1. The summed E-state index contributed by atoms with van der Waals surface area (Å²) < 4.78 is 5.71. The number of benzene rings is 2. The Morgan fingerprint density at radius 1 is 1.11 bits per heavy atom. The van der Waals surface area contributed by atoms with Crippen LogP contribution in [-0.4, -0.2) is 11.7 Å². The third kappa shape index (κ3) is 4.17. The molecule has 1 N–H and O–H groups in total. The van der Waals surface area contributed by atoms with Crippen LogP contribution >= 0.6 is 0 Å². The van der Waals surface area contributed by atoms with Crippen molar-refractivity contribution in [2.45, 2.75) is 13.5 Å². The van der Waals surface area contributed by atoms with E-state index in [2.05, 4.69) is 11.8 Å². The van der Waals surface area contributed by atoms with Gasteiger partial charge >= 0.3 is 0 Å². The van der Waals surface area contributed by atoms with Gasteiger partial charge in [-0.05, 0) is 36.8 Å². The lowest BCUT2D eigenvalue weighted by atomic mass is 10.1. The van der Waals surface area contributed by atoms with Crippen molar-refractivity contribution in [2.75, 3.05) is 6.61 Å². The van der Waals surface area contributed by atoms with Gasteiger partial charge in [-0.15, -0.1) is 0 Å². The van der Waals surface area contributed by atoms with Crippen molar-refractivity contribution >= 4 is 0 Å². The van der Waals surface area contributed by atoms with Crippen LogP contribution in [-0.2, 0) is 6.61 Å². The van der Waals surface area contributed by atoms with E-state index in [4.69, 9.17) is 9.84 Å². The van der Waals surface area contributed by atoms with Crippen molar-refractivity contribution in [3.8, 4) is 17.6 Å². The van der Waals surface area contributed by atoms with Crippen LogP contribution in [0.5, 0.6) is 5.75 Å². The second kappa shape index (κ2) is 6.63. The van der Waals surface area contributed by atoms with Crippen LogP contribution in [0.25, 0.3) is 0 Å². The van der Waals surface area contributed by atoms with E-state index in [1.54, 1.807) is 0 Å². The van der Waals surface area contributed by atoms with E-state index in [-0.39, 0.29) is 6.61 Å². The molecule has 0 fully saturated rings. The Balaban J connectivity index is 2.01. The van der Waals surface area contributed by atoms with E-state index < -0.39 is 0 Å². The van der Waals surface area contributed by atoms with Gasteiger partial charge in [-0.2, -0.15) is 0 Å². The monoisotopic (exact) mass is 252 g/mol. The molecule has 0 unspecified atom stereocenters. The molecular weight excluding hydrogens is 236 g/mol. The van der Waals surface area contributed by atoms with Gasteiger partial charge in [0.2, 0.25) is 0 Å². The fraction of sp³-hybridized carbons (Fsp3) is 0.176. The molecule has 0 aliphatic carbocycles. The van der Waals surface area contributed by atoms with E-state index in [0.717, 1.165) is 16.9 Å². The maximum Gasteiger partial charge on any atom is 0.119 e. The molecule has 0 aliphatic heterocycles. The maximum absolute atomic E-state index is 8.67. The molecule has 0 amide bonds. The topological polar surface area (TPSA) is 29.5 Å². The largest absolute Gasteiger partial charge is 0.489 e. The van der Waals surface area contributed by atoms with Crippen LogP contribution in [0.1, 0.15) is 16.7 Å². The highest BCUT2D eigenvalue weighted by atomic mass is 16.5. The highest BCUT2D eigenvalue weighted by molar-refractivity contribution is 5.37. The summed E-state index contributed by atoms with van der Waals surface area (Å²) in [6.45, 7) is 2.44. The first-order valence-corrected chi connectivity index (χ1v) is 6.16. The van der Waals surface area contributed by atoms with E-state index in [1.807, 2.05) is 55.5 Å². The normalized spacial score (nSPS) is 9.58. The lowest BCUT2D eigenvalue weighted by Crippen LogP contribution is -1.95. The van der Waals surface area contributed by atoms with Gasteiger partial charge in [0.15, 0.2) is 0 Å². The second-order valence-electron chi connectivity index (χ2n) is 4.26. The van der Waals surface area contributed by atoms with Crippen molar-refractivity contribution in [1.29, 1.82) is 0 Å². The van der Waals surface area contributed by atoms with Gasteiger partial charge in [-0.3, -0.25) is 0 Å². The lowest BCUT2D eigenvalue weighted by molar-refractivity contribution is 0.306.